The molecule has 1 aliphatic rings. The molecule has 1 aliphatic heterocycles. The van der Waals surface area contributed by atoms with Gasteiger partial charge < -0.3 is 9.64 Å². The van der Waals surface area contributed by atoms with E-state index in [0.29, 0.717) is 25.6 Å². The largest absolute Gasteiger partial charge is 0.359 e. The molecule has 1 aromatic rings. The first-order valence-corrected chi connectivity index (χ1v) is 4.57. The summed E-state index contributed by atoms with van der Waals surface area (Å²) in [5, 5.41) is 1.75. The van der Waals surface area contributed by atoms with Crippen molar-refractivity contribution in [2.24, 2.45) is 0 Å². The van der Waals surface area contributed by atoms with Crippen LogP contribution in [0, 0.1) is 0 Å². The molecule has 64 valence electrons. The maximum absolute atomic E-state index is 11.5. The third-order valence-electron chi connectivity index (χ3n) is 1.69. The highest BCUT2D eigenvalue weighted by atomic mass is 32.1. The van der Waals surface area contributed by atoms with Crippen LogP contribution in [0.5, 0.6) is 0 Å². The van der Waals surface area contributed by atoms with Gasteiger partial charge in [0, 0.05) is 11.9 Å². The van der Waals surface area contributed by atoms with Gasteiger partial charge in [-0.2, -0.15) is 0 Å². The third kappa shape index (κ3) is 1.33. The maximum Gasteiger partial charge on any atom is 0.275 e. The minimum Gasteiger partial charge on any atom is -0.359 e. The van der Waals surface area contributed by atoms with Crippen LogP contribution < -0.4 is 0 Å². The van der Waals surface area contributed by atoms with Crippen LogP contribution in [0.3, 0.4) is 0 Å². The molecule has 0 aliphatic carbocycles. The number of rotatable bonds is 1. The molecular weight excluding hydrogens is 176 g/mol. The van der Waals surface area contributed by atoms with Gasteiger partial charge in [-0.25, -0.2) is 4.98 Å². The summed E-state index contributed by atoms with van der Waals surface area (Å²) in [6, 6.07) is 0. The van der Waals surface area contributed by atoms with Crippen LogP contribution in [-0.4, -0.2) is 35.7 Å². The van der Waals surface area contributed by atoms with E-state index in [1.165, 1.54) is 11.3 Å². The average Bonchev–Trinajstić information content (AvgIpc) is 2.77. The number of aromatic nitrogens is 1. The SMILES string of the molecule is O=C(c1cscn1)N1CCOC1. The van der Waals surface area contributed by atoms with Gasteiger partial charge in [0.2, 0.25) is 0 Å². The Morgan fingerprint density at radius 2 is 2.67 bits per heavy atom. The lowest BCUT2D eigenvalue weighted by atomic mass is 10.4. The third-order valence-corrected chi connectivity index (χ3v) is 2.28. The quantitative estimate of drug-likeness (QED) is 0.641. The summed E-state index contributed by atoms with van der Waals surface area (Å²) in [5.74, 6) is -0.0336. The van der Waals surface area contributed by atoms with Gasteiger partial charge in [-0.3, -0.25) is 4.79 Å². The molecule has 12 heavy (non-hydrogen) atoms. The van der Waals surface area contributed by atoms with Crippen LogP contribution in [0.15, 0.2) is 10.9 Å². The fraction of sp³-hybridized carbons (Fsp3) is 0.429. The molecule has 0 N–H and O–H groups in total. The second-order valence-corrected chi connectivity index (χ2v) is 3.20. The molecule has 5 heteroatoms. The van der Waals surface area contributed by atoms with Gasteiger partial charge in [-0.1, -0.05) is 0 Å². The van der Waals surface area contributed by atoms with Crippen LogP contribution >= 0.6 is 11.3 Å². The summed E-state index contributed by atoms with van der Waals surface area (Å²) in [5.41, 5.74) is 2.18. The zero-order valence-electron chi connectivity index (χ0n) is 6.40. The first-order valence-electron chi connectivity index (χ1n) is 3.63. The van der Waals surface area contributed by atoms with Gasteiger partial charge >= 0.3 is 0 Å². The van der Waals surface area contributed by atoms with E-state index < -0.39 is 0 Å². The summed E-state index contributed by atoms with van der Waals surface area (Å²) < 4.78 is 5.06. The Hall–Kier alpha value is -0.940. The summed E-state index contributed by atoms with van der Waals surface area (Å²) >= 11 is 1.43. The normalized spacial score (nSPS) is 16.8. The predicted octanol–water partition coefficient (Wildman–Crippen LogP) is 0.573. The number of carbonyl (C=O) groups excluding carboxylic acids is 1. The van der Waals surface area contributed by atoms with E-state index in [1.54, 1.807) is 15.8 Å². The number of hydrogen-bond donors (Lipinski definition) is 0. The van der Waals surface area contributed by atoms with Crippen molar-refractivity contribution in [1.82, 2.24) is 9.88 Å². The van der Waals surface area contributed by atoms with E-state index in [1.807, 2.05) is 0 Å². The molecule has 0 aromatic carbocycles. The van der Waals surface area contributed by atoms with Crippen LogP contribution in [0.1, 0.15) is 10.5 Å². The van der Waals surface area contributed by atoms with Crippen LogP contribution in [0.2, 0.25) is 0 Å². The summed E-state index contributed by atoms with van der Waals surface area (Å²) in [4.78, 5) is 17.1. The molecular formula is C7H8N2O2S. The maximum atomic E-state index is 11.5. The second-order valence-electron chi connectivity index (χ2n) is 2.48. The lowest BCUT2D eigenvalue weighted by Crippen LogP contribution is -2.28. The highest BCUT2D eigenvalue weighted by Gasteiger charge is 2.20. The van der Waals surface area contributed by atoms with Gasteiger partial charge in [0.25, 0.3) is 5.91 Å². The molecule has 0 atom stereocenters. The van der Waals surface area contributed by atoms with E-state index in [2.05, 4.69) is 4.98 Å². The Morgan fingerprint density at radius 1 is 1.75 bits per heavy atom. The summed E-state index contributed by atoms with van der Waals surface area (Å²) in [6.07, 6.45) is 0. The number of amides is 1. The minimum absolute atomic E-state index is 0.0336. The van der Waals surface area contributed by atoms with Crippen molar-refractivity contribution in [2.45, 2.75) is 0 Å². The first kappa shape index (κ1) is 7.70. The smallest absolute Gasteiger partial charge is 0.275 e. The molecule has 1 saturated heterocycles. The zero-order valence-corrected chi connectivity index (χ0v) is 7.21. The van der Waals surface area contributed by atoms with E-state index in [0.717, 1.165) is 0 Å². The molecule has 2 rings (SSSR count). The monoisotopic (exact) mass is 184 g/mol. The molecule has 4 nitrogen and oxygen atoms in total. The molecule has 0 saturated carbocycles. The Labute approximate surface area is 73.8 Å². The molecule has 0 radical (unpaired) electrons. The summed E-state index contributed by atoms with van der Waals surface area (Å²) in [6.45, 7) is 1.71. The Bertz CT molecular complexity index is 267. The minimum atomic E-state index is -0.0336. The summed E-state index contributed by atoms with van der Waals surface area (Å²) in [7, 11) is 0. The fourth-order valence-electron chi connectivity index (χ4n) is 1.05. The number of carbonyl (C=O) groups is 1. The van der Waals surface area contributed by atoms with Gasteiger partial charge in [0.05, 0.1) is 12.1 Å². The average molecular weight is 184 g/mol. The van der Waals surface area contributed by atoms with Gasteiger partial charge in [0.1, 0.15) is 12.4 Å². The molecule has 0 spiro atoms. The standard InChI is InChI=1S/C7H8N2O2S/c10-7(6-3-12-4-8-6)9-1-2-11-5-9/h3-4H,1-2,5H2. The van der Waals surface area contributed by atoms with Crippen LogP contribution in [0.25, 0.3) is 0 Å². The highest BCUT2D eigenvalue weighted by molar-refractivity contribution is 7.07. The van der Waals surface area contributed by atoms with E-state index in [-0.39, 0.29) is 5.91 Å². The predicted molar refractivity (Wildman–Crippen MR) is 44.0 cm³/mol. The van der Waals surface area contributed by atoms with E-state index >= 15 is 0 Å². The lowest BCUT2D eigenvalue weighted by molar-refractivity contribution is 0.0690. The van der Waals surface area contributed by atoms with Crippen molar-refractivity contribution in [3.63, 3.8) is 0 Å². The number of ether oxygens (including phenoxy) is 1. The fourth-order valence-corrected chi connectivity index (χ4v) is 1.58. The Morgan fingerprint density at radius 3 is 3.25 bits per heavy atom. The van der Waals surface area contributed by atoms with Crippen molar-refractivity contribution >= 4 is 17.2 Å². The van der Waals surface area contributed by atoms with Gasteiger partial charge in [0.15, 0.2) is 0 Å². The van der Waals surface area contributed by atoms with Gasteiger partial charge in [-0.05, 0) is 0 Å². The Balaban J connectivity index is 2.09. The van der Waals surface area contributed by atoms with Crippen molar-refractivity contribution in [3.8, 4) is 0 Å². The Kier molecular flexibility index (Phi) is 2.05. The molecule has 0 unspecified atom stereocenters. The molecule has 1 aromatic heterocycles. The highest BCUT2D eigenvalue weighted by Crippen LogP contribution is 2.08. The zero-order chi connectivity index (χ0) is 8.39. The van der Waals surface area contributed by atoms with E-state index in [9.17, 15) is 4.79 Å². The number of nitrogens with zero attached hydrogens (tertiary/aromatic N) is 2. The molecule has 1 amide bonds. The van der Waals surface area contributed by atoms with Gasteiger partial charge in [-0.15, -0.1) is 11.3 Å². The first-order chi connectivity index (χ1) is 5.88. The number of hydrogen-bond acceptors (Lipinski definition) is 4. The molecule has 2 heterocycles. The van der Waals surface area contributed by atoms with E-state index in [4.69, 9.17) is 4.74 Å². The van der Waals surface area contributed by atoms with Crippen LogP contribution in [-0.2, 0) is 4.74 Å². The topological polar surface area (TPSA) is 42.4 Å². The second kappa shape index (κ2) is 3.20. The van der Waals surface area contributed by atoms with Crippen molar-refractivity contribution in [3.05, 3.63) is 16.6 Å². The van der Waals surface area contributed by atoms with Crippen molar-refractivity contribution in [1.29, 1.82) is 0 Å². The van der Waals surface area contributed by atoms with Crippen molar-refractivity contribution in [2.75, 3.05) is 19.9 Å². The molecule has 0 bridgehead atoms. The number of thiazole rings is 1. The lowest BCUT2D eigenvalue weighted by Gasteiger charge is -2.10. The molecule has 1 fully saturated rings. The van der Waals surface area contributed by atoms with Crippen LogP contribution in [0.4, 0.5) is 0 Å². The van der Waals surface area contributed by atoms with Crippen molar-refractivity contribution < 1.29 is 9.53 Å².